The van der Waals surface area contributed by atoms with Crippen LogP contribution in [0.1, 0.15) is 29.8 Å². The normalized spacial score (nSPS) is 10.8. The molecule has 3 heteroatoms. The fraction of sp³-hybridized carbons (Fsp3) is 0.158. The standard InChI is InChI=1S/C19H16O3/c1-3-15-18(21)16-11-14(12(2)20)9-10-17(16)22-19(15)13-7-5-4-6-8-13/h4-11H,3H2,1-2H3. The van der Waals surface area contributed by atoms with Gasteiger partial charge >= 0.3 is 0 Å². The molecule has 0 spiro atoms. The van der Waals surface area contributed by atoms with E-state index in [1.54, 1.807) is 18.2 Å². The topological polar surface area (TPSA) is 47.3 Å². The molecule has 0 saturated heterocycles. The molecule has 1 heterocycles. The molecule has 3 nitrogen and oxygen atoms in total. The number of fused-ring (bicyclic) bond motifs is 1. The average molecular weight is 292 g/mol. The number of carbonyl (C=O) groups is 1. The van der Waals surface area contributed by atoms with E-state index >= 15 is 0 Å². The Morgan fingerprint density at radius 2 is 1.82 bits per heavy atom. The lowest BCUT2D eigenvalue weighted by atomic mass is 10.0. The lowest BCUT2D eigenvalue weighted by Gasteiger charge is -2.09. The Morgan fingerprint density at radius 3 is 2.45 bits per heavy atom. The molecule has 0 bridgehead atoms. The molecule has 0 N–H and O–H groups in total. The summed E-state index contributed by atoms with van der Waals surface area (Å²) < 4.78 is 5.97. The summed E-state index contributed by atoms with van der Waals surface area (Å²) in [7, 11) is 0. The van der Waals surface area contributed by atoms with Crippen molar-refractivity contribution in [2.24, 2.45) is 0 Å². The lowest BCUT2D eigenvalue weighted by Crippen LogP contribution is -2.11. The van der Waals surface area contributed by atoms with E-state index in [4.69, 9.17) is 4.42 Å². The van der Waals surface area contributed by atoms with Crippen LogP contribution in [0.2, 0.25) is 0 Å². The van der Waals surface area contributed by atoms with E-state index in [1.165, 1.54) is 6.92 Å². The summed E-state index contributed by atoms with van der Waals surface area (Å²) in [6.07, 6.45) is 0.576. The van der Waals surface area contributed by atoms with Crippen LogP contribution in [0.5, 0.6) is 0 Å². The van der Waals surface area contributed by atoms with Crippen molar-refractivity contribution in [2.75, 3.05) is 0 Å². The first kappa shape index (κ1) is 14.3. The van der Waals surface area contributed by atoms with Crippen LogP contribution in [0.4, 0.5) is 0 Å². The highest BCUT2D eigenvalue weighted by molar-refractivity contribution is 5.97. The number of Topliss-reactive ketones (excluding diaryl/α,β-unsaturated/α-hetero) is 1. The molecule has 0 fully saturated rings. The van der Waals surface area contributed by atoms with E-state index in [1.807, 2.05) is 37.3 Å². The summed E-state index contributed by atoms with van der Waals surface area (Å²) in [6, 6.07) is 14.6. The van der Waals surface area contributed by atoms with Gasteiger partial charge in [-0.2, -0.15) is 0 Å². The van der Waals surface area contributed by atoms with Gasteiger partial charge in [-0.1, -0.05) is 37.3 Å². The van der Waals surface area contributed by atoms with Crippen molar-refractivity contribution in [2.45, 2.75) is 20.3 Å². The summed E-state index contributed by atoms with van der Waals surface area (Å²) in [5.41, 5.74) is 2.49. The average Bonchev–Trinajstić information content (AvgIpc) is 2.55. The quantitative estimate of drug-likeness (QED) is 0.679. The molecule has 0 aliphatic rings. The number of rotatable bonds is 3. The third-order valence-electron chi connectivity index (χ3n) is 3.78. The Labute approximate surface area is 128 Å². The number of ketones is 1. The minimum atomic E-state index is -0.0642. The van der Waals surface area contributed by atoms with E-state index in [-0.39, 0.29) is 11.2 Å². The lowest BCUT2D eigenvalue weighted by molar-refractivity contribution is 0.101. The van der Waals surface area contributed by atoms with E-state index in [0.717, 1.165) is 5.56 Å². The molecule has 0 aliphatic heterocycles. The van der Waals surface area contributed by atoms with Gasteiger partial charge < -0.3 is 4.42 Å². The maximum Gasteiger partial charge on any atom is 0.196 e. The summed E-state index contributed by atoms with van der Waals surface area (Å²) in [5.74, 6) is 0.544. The maximum absolute atomic E-state index is 12.8. The summed E-state index contributed by atoms with van der Waals surface area (Å²) in [5, 5.41) is 0.462. The predicted molar refractivity (Wildman–Crippen MR) is 87.3 cm³/mol. The van der Waals surface area contributed by atoms with Crippen molar-refractivity contribution in [3.05, 3.63) is 69.9 Å². The predicted octanol–water partition coefficient (Wildman–Crippen LogP) is 4.23. The first-order chi connectivity index (χ1) is 10.6. The molecule has 0 atom stereocenters. The highest BCUT2D eigenvalue weighted by Crippen LogP contribution is 2.26. The van der Waals surface area contributed by atoms with Gasteiger partial charge in [0, 0.05) is 16.7 Å². The van der Waals surface area contributed by atoms with Gasteiger partial charge in [0.25, 0.3) is 0 Å². The number of hydrogen-bond acceptors (Lipinski definition) is 3. The molecule has 3 aromatic rings. The van der Waals surface area contributed by atoms with Crippen LogP contribution < -0.4 is 5.43 Å². The molecule has 0 aliphatic carbocycles. The van der Waals surface area contributed by atoms with Crippen LogP contribution in [0.3, 0.4) is 0 Å². The third kappa shape index (κ3) is 2.35. The molecule has 0 unspecified atom stereocenters. The molecule has 22 heavy (non-hydrogen) atoms. The van der Waals surface area contributed by atoms with Gasteiger partial charge in [-0.25, -0.2) is 0 Å². The van der Waals surface area contributed by atoms with E-state index in [9.17, 15) is 9.59 Å². The molecule has 110 valence electrons. The third-order valence-corrected chi connectivity index (χ3v) is 3.78. The zero-order valence-corrected chi connectivity index (χ0v) is 12.6. The van der Waals surface area contributed by atoms with Gasteiger partial charge in [-0.15, -0.1) is 0 Å². The van der Waals surface area contributed by atoms with Crippen molar-refractivity contribution < 1.29 is 9.21 Å². The molecular formula is C19H16O3. The Kier molecular flexibility index (Phi) is 3.63. The fourth-order valence-corrected chi connectivity index (χ4v) is 2.60. The molecular weight excluding hydrogens is 276 g/mol. The first-order valence-electron chi connectivity index (χ1n) is 7.28. The van der Waals surface area contributed by atoms with Crippen molar-refractivity contribution in [1.82, 2.24) is 0 Å². The fourth-order valence-electron chi connectivity index (χ4n) is 2.60. The summed E-state index contributed by atoms with van der Waals surface area (Å²) in [6.45, 7) is 3.42. The first-order valence-corrected chi connectivity index (χ1v) is 7.28. The van der Waals surface area contributed by atoms with E-state index in [2.05, 4.69) is 0 Å². The van der Waals surface area contributed by atoms with Gasteiger partial charge in [0.1, 0.15) is 11.3 Å². The van der Waals surface area contributed by atoms with Crippen LogP contribution in [0.25, 0.3) is 22.3 Å². The van der Waals surface area contributed by atoms with Crippen LogP contribution in [0, 0.1) is 0 Å². The molecule has 0 amide bonds. The minimum Gasteiger partial charge on any atom is -0.456 e. The number of carbonyl (C=O) groups excluding carboxylic acids is 1. The van der Waals surface area contributed by atoms with E-state index < -0.39 is 0 Å². The molecule has 1 aromatic heterocycles. The zero-order chi connectivity index (χ0) is 15.7. The highest BCUT2D eigenvalue weighted by atomic mass is 16.3. The monoisotopic (exact) mass is 292 g/mol. The SMILES string of the molecule is CCc1c(-c2ccccc2)oc2ccc(C(C)=O)cc2c1=O. The largest absolute Gasteiger partial charge is 0.456 e. The molecule has 0 radical (unpaired) electrons. The Morgan fingerprint density at radius 1 is 1.09 bits per heavy atom. The molecule has 0 saturated carbocycles. The van der Waals surface area contributed by atoms with Crippen LogP contribution in [-0.4, -0.2) is 5.78 Å². The smallest absolute Gasteiger partial charge is 0.196 e. The molecule has 3 rings (SSSR count). The van der Waals surface area contributed by atoms with Crippen molar-refractivity contribution in [1.29, 1.82) is 0 Å². The van der Waals surface area contributed by atoms with Crippen LogP contribution >= 0.6 is 0 Å². The van der Waals surface area contributed by atoms with Gasteiger partial charge in [-0.3, -0.25) is 9.59 Å². The van der Waals surface area contributed by atoms with Gasteiger partial charge in [0.15, 0.2) is 11.2 Å². The second kappa shape index (κ2) is 5.60. The maximum atomic E-state index is 12.8. The van der Waals surface area contributed by atoms with Crippen LogP contribution in [-0.2, 0) is 6.42 Å². The van der Waals surface area contributed by atoms with Gasteiger partial charge in [0.05, 0.1) is 5.39 Å². The Hall–Kier alpha value is -2.68. The second-order valence-electron chi connectivity index (χ2n) is 5.23. The minimum absolute atomic E-state index is 0.0634. The Balaban J connectivity index is 2.35. The van der Waals surface area contributed by atoms with Crippen molar-refractivity contribution >= 4 is 16.8 Å². The number of hydrogen-bond donors (Lipinski definition) is 0. The summed E-state index contributed by atoms with van der Waals surface area (Å²) >= 11 is 0. The molecule has 2 aromatic carbocycles. The Bertz CT molecular complexity index is 905. The van der Waals surface area contributed by atoms with Gasteiger partial charge in [-0.05, 0) is 31.5 Å². The number of benzene rings is 2. The van der Waals surface area contributed by atoms with E-state index in [0.29, 0.717) is 34.3 Å². The van der Waals surface area contributed by atoms with Crippen molar-refractivity contribution in [3.8, 4) is 11.3 Å². The zero-order valence-electron chi connectivity index (χ0n) is 12.6. The highest BCUT2D eigenvalue weighted by Gasteiger charge is 2.15. The van der Waals surface area contributed by atoms with Crippen molar-refractivity contribution in [3.63, 3.8) is 0 Å². The second-order valence-corrected chi connectivity index (χ2v) is 5.23. The summed E-state index contributed by atoms with van der Waals surface area (Å²) in [4.78, 5) is 24.3. The van der Waals surface area contributed by atoms with Crippen LogP contribution in [0.15, 0.2) is 57.7 Å². The van der Waals surface area contributed by atoms with Gasteiger partial charge in [0.2, 0.25) is 0 Å².